The number of rotatable bonds is 8. The van der Waals surface area contributed by atoms with E-state index >= 15 is 0 Å². The van der Waals surface area contributed by atoms with E-state index in [2.05, 4.69) is 37.2 Å². The Morgan fingerprint density at radius 2 is 0.760 bits per heavy atom. The van der Waals surface area contributed by atoms with Crippen LogP contribution in [0.25, 0.3) is 148 Å². The quantitative estimate of drug-likeness (QED) is 0.0341. The second-order valence-corrected chi connectivity index (χ2v) is 28.6. The topological polar surface area (TPSA) is 271 Å². The van der Waals surface area contributed by atoms with E-state index in [0.29, 0.717) is 118 Å². The normalized spacial score (nSPS) is 13.2. The van der Waals surface area contributed by atoms with E-state index in [0.717, 1.165) is 85.3 Å². The molecule has 0 aliphatic heterocycles. The average Bonchev–Trinajstić information content (AvgIpc) is 1.56. The third kappa shape index (κ3) is 9.31. The van der Waals surface area contributed by atoms with Crippen LogP contribution in [0.1, 0.15) is 51.4 Å². The summed E-state index contributed by atoms with van der Waals surface area (Å²) in [6.45, 7) is 14.2. The van der Waals surface area contributed by atoms with Gasteiger partial charge in [0.1, 0.15) is 97.6 Å². The highest BCUT2D eigenvalue weighted by atomic mass is 32.1. The molecule has 452 valence electrons. The van der Waals surface area contributed by atoms with Crippen LogP contribution in [-0.2, 0) is 0 Å². The molecule has 0 saturated heterocycles. The van der Waals surface area contributed by atoms with Crippen molar-refractivity contribution in [2.45, 2.75) is 0 Å². The van der Waals surface area contributed by atoms with Crippen LogP contribution in [0.5, 0.6) is 11.5 Å². The second kappa shape index (κ2) is 22.6. The zero-order chi connectivity index (χ0) is 65.4. The molecule has 0 saturated carbocycles. The highest BCUT2D eigenvalue weighted by Gasteiger charge is 2.36. The largest absolute Gasteiger partial charge is 0.495 e. The molecule has 2 aliphatic carbocycles. The van der Waals surface area contributed by atoms with Crippen LogP contribution in [0.15, 0.2) is 130 Å². The average molecular weight is 1390 g/mol. The molecule has 20 nitrogen and oxygen atoms in total. The Balaban J connectivity index is 0.000000152. The Morgan fingerprint density at radius 1 is 0.438 bits per heavy atom. The van der Waals surface area contributed by atoms with Crippen molar-refractivity contribution in [3.63, 3.8) is 0 Å². The lowest BCUT2D eigenvalue weighted by Gasteiger charge is -2.04. The smallest absolute Gasteiger partial charge is 0.350 e. The van der Waals surface area contributed by atoms with Crippen LogP contribution in [0.3, 0.4) is 0 Å². The monoisotopic (exact) mass is 1390 g/mol. The first kappa shape index (κ1) is 58.3. The van der Waals surface area contributed by atoms with E-state index in [4.69, 9.17) is 53.1 Å². The van der Waals surface area contributed by atoms with Gasteiger partial charge in [-0.15, -0.1) is 45.3 Å². The predicted octanol–water partition coefficient (Wildman–Crippen LogP) is 17.8. The molecule has 0 spiro atoms. The maximum absolute atomic E-state index is 13.7. The van der Waals surface area contributed by atoms with E-state index in [1.807, 2.05) is 72.8 Å². The van der Waals surface area contributed by atoms with Crippen LogP contribution in [0.2, 0.25) is 0 Å². The molecule has 18 rings (SSSR count). The van der Waals surface area contributed by atoms with Crippen molar-refractivity contribution in [2.75, 3.05) is 14.2 Å². The zero-order valence-electron chi connectivity index (χ0n) is 48.5. The number of nitriles is 2. The van der Waals surface area contributed by atoms with Gasteiger partial charge < -0.3 is 19.2 Å². The summed E-state index contributed by atoms with van der Waals surface area (Å²) >= 11 is 10.2. The first-order valence-electron chi connectivity index (χ1n) is 28.2. The van der Waals surface area contributed by atoms with Crippen LogP contribution in [-0.4, -0.2) is 86.5 Å². The Bertz CT molecular complexity index is 6050. The Kier molecular flexibility index (Phi) is 13.7. The molecule has 8 aromatic heterocycles. The molecule has 0 atom stereocenters. The number of benzene rings is 8. The number of Topliss-reactive ketones (excluding diaryl/α,β-unsaturated/α-hetero) is 4. The molecule has 8 aromatic carbocycles. The van der Waals surface area contributed by atoms with Crippen LogP contribution < -0.4 is 9.47 Å². The zero-order valence-corrected chi connectivity index (χ0v) is 55.1. The fraction of sp³-hybridized carbons (Fsp3) is 0.0294. The van der Waals surface area contributed by atoms with Gasteiger partial charge in [0.15, 0.2) is 23.1 Å². The van der Waals surface area contributed by atoms with Gasteiger partial charge in [-0.05, 0) is 104 Å². The minimum atomic E-state index is -0.334. The molecule has 96 heavy (non-hydrogen) atoms. The van der Waals surface area contributed by atoms with Crippen LogP contribution >= 0.6 is 91.5 Å². The van der Waals surface area contributed by atoms with Gasteiger partial charge in [-0.1, -0.05) is 94.3 Å². The summed E-state index contributed by atoms with van der Waals surface area (Å²) < 4.78 is 32.5. The third-order valence-corrected chi connectivity index (χ3v) is 23.9. The van der Waals surface area contributed by atoms with Gasteiger partial charge in [0, 0.05) is 34.4 Å². The molecule has 0 fully saturated rings. The van der Waals surface area contributed by atoms with Gasteiger partial charge >= 0.3 is 11.7 Å². The summed E-state index contributed by atoms with van der Waals surface area (Å²) in [5, 5.41) is 29.2. The molecular weight excluding hydrogens is 1370 g/mol. The number of ether oxygens (including phenoxy) is 2. The molecule has 0 N–H and O–H groups in total. The van der Waals surface area contributed by atoms with E-state index in [1.54, 1.807) is 60.7 Å². The second-order valence-electron chi connectivity index (χ2n) is 21.4. The molecular formula is C68H26N14O6S8. The lowest BCUT2D eigenvalue weighted by atomic mass is 9.99. The number of amidine groups is 2. The van der Waals surface area contributed by atoms with E-state index in [-0.39, 0.29) is 46.0 Å². The number of ketones is 4. The summed E-state index contributed by atoms with van der Waals surface area (Å²) in [7, 11) is 3.07. The van der Waals surface area contributed by atoms with Gasteiger partial charge in [-0.3, -0.25) is 19.2 Å². The van der Waals surface area contributed by atoms with Crippen molar-refractivity contribution in [3.05, 3.63) is 175 Å². The van der Waals surface area contributed by atoms with Gasteiger partial charge in [-0.2, -0.15) is 17.5 Å². The Labute approximate surface area is 569 Å². The van der Waals surface area contributed by atoms with Crippen molar-refractivity contribution in [1.82, 2.24) is 37.4 Å². The maximum atomic E-state index is 13.7. The summed E-state index contributed by atoms with van der Waals surface area (Å²) in [4.78, 5) is 90.4. The molecule has 0 radical (unpaired) electrons. The molecule has 2 aliphatic rings. The minimum absolute atomic E-state index is 0.0612. The lowest BCUT2D eigenvalue weighted by molar-refractivity contribution is 0.0975. The number of methoxy groups -OCH3 is 2. The summed E-state index contributed by atoms with van der Waals surface area (Å²) in [5.74, 6) is -0.823. The third-order valence-electron chi connectivity index (χ3n) is 16.0. The first-order valence-corrected chi connectivity index (χ1v) is 34.6. The van der Waals surface area contributed by atoms with Gasteiger partial charge in [0.25, 0.3) is 0 Å². The number of hydrogen-bond donors (Lipinski definition) is 0. The van der Waals surface area contributed by atoms with Gasteiger partial charge in [0.05, 0.1) is 67.6 Å². The summed E-state index contributed by atoms with van der Waals surface area (Å²) in [6, 6.07) is 38.3. The highest BCUT2D eigenvalue weighted by molar-refractivity contribution is 7.33. The number of thiophene rings is 2. The number of aliphatic imine (C=N–C) groups is 2. The fourth-order valence-electron chi connectivity index (χ4n) is 11.7. The van der Waals surface area contributed by atoms with E-state index in [9.17, 15) is 19.2 Å². The molecule has 28 heteroatoms. The van der Waals surface area contributed by atoms with E-state index < -0.39 is 0 Å². The van der Waals surface area contributed by atoms with Gasteiger partial charge in [0.2, 0.25) is 10.0 Å². The van der Waals surface area contributed by atoms with Crippen molar-refractivity contribution < 1.29 is 28.7 Å². The van der Waals surface area contributed by atoms with Crippen LogP contribution in [0, 0.1) is 35.8 Å². The predicted molar refractivity (Wildman–Crippen MR) is 382 cm³/mol. The number of aromatic nitrogens is 8. The summed E-state index contributed by atoms with van der Waals surface area (Å²) in [6.07, 6.45) is 3.13. The maximum Gasteiger partial charge on any atom is 0.350 e. The lowest BCUT2D eigenvalue weighted by Crippen LogP contribution is -2.00. The first-order chi connectivity index (χ1) is 46.9. The van der Waals surface area contributed by atoms with Crippen molar-refractivity contribution >= 4 is 254 Å². The standard InChI is InChI=1S/C44H18N4O4S3.C24H8N10O2S5/c49-39-27-13-23-9-19-5-1-2-6-20(19)10-24(23)14-28(27)40(50)31(39)17-33-45-37-35-36(48-55-47-35)38-44(43(37)53-33)54-34(46-38)18-32-41(51)29-15-25-11-21-7-3-4-8-22(21)12-26(25)16-30(29)42(32)52;1-27-11(7-25)29-13-5-9(35-3)19(37-13)23-31-17-15-16(34-41-33-15)18-22(21(17)39-23)40-24(32-18)20-10(36-4)6-14(38-20)30-12(8-26)28-2/h1-18H;5-6H,3-4H3. The fourth-order valence-corrected chi connectivity index (χ4v) is 19.4. The Hall–Kier alpha value is -11.5. The molecule has 0 unspecified atom stereocenters. The molecule has 16 aromatic rings. The number of carbonyl (C=O) groups is 4. The number of allylic oxidation sites excluding steroid dienone is 2. The number of thiazole rings is 4. The number of fused-ring (bicyclic) bond motifs is 18. The molecule has 0 bridgehead atoms. The van der Waals surface area contributed by atoms with E-state index in [1.165, 1.54) is 82.2 Å². The number of nitrogens with zero attached hydrogens (tertiary/aromatic N) is 14. The van der Waals surface area contributed by atoms with Crippen molar-refractivity contribution in [3.8, 4) is 43.4 Å². The van der Waals surface area contributed by atoms with Gasteiger partial charge in [-0.25, -0.2) is 30.5 Å². The molecule has 8 heterocycles. The SMILES string of the molecule is O=C1C(=Cc2nc3c4nsnc4c4nc(C=C5C(=O)c6cc7cc8ccccc8cc7cc6C5=O)sc4c3s2)C(=O)c2cc3cc4ccccc4cc3cc21.[C-]#[N+]C(C#N)=Nc1cc(OC)c(-c2nc3c4nsnc4c4nc(-c5sc(N=C(C#N)[N+]#[C-])cc5OC)sc4c3s2)s1. The van der Waals surface area contributed by atoms with Crippen molar-refractivity contribution in [2.24, 2.45) is 9.98 Å². The molecule has 0 amide bonds. The Morgan fingerprint density at radius 3 is 1.07 bits per heavy atom. The highest BCUT2D eigenvalue weighted by Crippen LogP contribution is 2.52. The van der Waals surface area contributed by atoms with Crippen molar-refractivity contribution in [1.29, 1.82) is 10.5 Å². The van der Waals surface area contributed by atoms with Crippen LogP contribution in [0.4, 0.5) is 10.0 Å². The number of hydrogen-bond acceptors (Lipinski definition) is 26. The number of carbonyl (C=O) groups excluding carboxylic acids is 4. The minimum Gasteiger partial charge on any atom is -0.495 e. The summed E-state index contributed by atoms with van der Waals surface area (Å²) in [5.41, 5.74) is 6.55.